The topological polar surface area (TPSA) is 84.3 Å². The lowest BCUT2D eigenvalue weighted by Gasteiger charge is -2.28. The summed E-state index contributed by atoms with van der Waals surface area (Å²) in [5.74, 6) is 0.155. The Hall–Kier alpha value is -1.66. The molecule has 7 heteroatoms. The number of nitrogens with zero attached hydrogens (tertiary/aromatic N) is 1. The van der Waals surface area contributed by atoms with Gasteiger partial charge in [0.15, 0.2) is 0 Å². The van der Waals surface area contributed by atoms with Gasteiger partial charge in [0, 0.05) is 23.7 Å². The summed E-state index contributed by atoms with van der Waals surface area (Å²) in [5, 5.41) is 17.1. The van der Waals surface area contributed by atoms with Crippen LogP contribution in [0.1, 0.15) is 35.7 Å². The van der Waals surface area contributed by atoms with Crippen LogP contribution in [-0.2, 0) is 0 Å². The maximum atomic E-state index is 12.3. The number of halogens is 1. The average molecular weight is 328 g/mol. The second-order valence-electron chi connectivity index (χ2n) is 5.68. The van der Waals surface area contributed by atoms with Gasteiger partial charge in [-0.1, -0.05) is 0 Å². The number of piperidine rings is 1. The van der Waals surface area contributed by atoms with Crippen LogP contribution in [0.4, 0.5) is 5.69 Å². The molecule has 1 fully saturated rings. The molecule has 0 spiro atoms. The van der Waals surface area contributed by atoms with Gasteiger partial charge in [-0.2, -0.15) is 0 Å². The second-order valence-corrected chi connectivity index (χ2v) is 5.68. The van der Waals surface area contributed by atoms with Gasteiger partial charge in [0.25, 0.3) is 11.6 Å². The van der Waals surface area contributed by atoms with Crippen molar-refractivity contribution in [3.8, 4) is 0 Å². The van der Waals surface area contributed by atoms with E-state index in [1.54, 1.807) is 13.0 Å². The molecule has 0 saturated carbocycles. The average Bonchev–Trinajstić information content (AvgIpc) is 2.47. The third kappa shape index (κ3) is 4.68. The molecule has 1 aromatic rings. The minimum absolute atomic E-state index is 0. The Bertz CT molecular complexity index is 545. The van der Waals surface area contributed by atoms with Crippen LogP contribution >= 0.6 is 12.4 Å². The molecule has 0 radical (unpaired) electrons. The fourth-order valence-electron chi connectivity index (χ4n) is 2.71. The van der Waals surface area contributed by atoms with E-state index < -0.39 is 4.92 Å². The Balaban J connectivity index is 0.00000242. The third-order valence-corrected chi connectivity index (χ3v) is 3.94. The van der Waals surface area contributed by atoms with Crippen LogP contribution in [-0.4, -0.2) is 30.0 Å². The van der Waals surface area contributed by atoms with Gasteiger partial charge < -0.3 is 10.6 Å². The van der Waals surface area contributed by atoms with Gasteiger partial charge in [-0.05, 0) is 57.3 Å². The molecule has 2 unspecified atom stereocenters. The predicted molar refractivity (Wildman–Crippen MR) is 87.6 cm³/mol. The Kier molecular flexibility index (Phi) is 6.77. The molecule has 22 heavy (non-hydrogen) atoms. The highest BCUT2D eigenvalue weighted by Gasteiger charge is 2.22. The number of hydrogen-bond donors (Lipinski definition) is 2. The molecular formula is C15H22ClN3O3. The minimum Gasteiger partial charge on any atom is -0.349 e. The van der Waals surface area contributed by atoms with Crippen LogP contribution in [0, 0.1) is 23.0 Å². The lowest BCUT2D eigenvalue weighted by molar-refractivity contribution is -0.384. The van der Waals surface area contributed by atoms with Crippen LogP contribution < -0.4 is 10.6 Å². The third-order valence-electron chi connectivity index (χ3n) is 3.94. The van der Waals surface area contributed by atoms with E-state index in [9.17, 15) is 14.9 Å². The Morgan fingerprint density at radius 3 is 2.77 bits per heavy atom. The monoisotopic (exact) mass is 327 g/mol. The first-order valence-corrected chi connectivity index (χ1v) is 7.25. The van der Waals surface area contributed by atoms with Crippen molar-refractivity contribution in [3.63, 3.8) is 0 Å². The van der Waals surface area contributed by atoms with Crippen molar-refractivity contribution in [3.05, 3.63) is 39.4 Å². The van der Waals surface area contributed by atoms with Crippen molar-refractivity contribution >= 4 is 24.0 Å². The SMILES string of the molecule is Cc1cc(C(=O)NC(C)C2CCCNC2)cc([N+](=O)[O-])c1.Cl. The standard InChI is InChI=1S/C15H21N3O3.ClH/c1-10-6-13(8-14(7-10)18(20)21)15(19)17-11(2)12-4-3-5-16-9-12;/h6-8,11-12,16H,3-5,9H2,1-2H3,(H,17,19);1H. The van der Waals surface area contributed by atoms with Crippen molar-refractivity contribution in [2.45, 2.75) is 32.7 Å². The number of nitro benzene ring substituents is 1. The first-order chi connectivity index (χ1) is 9.97. The summed E-state index contributed by atoms with van der Waals surface area (Å²) < 4.78 is 0. The number of carbonyl (C=O) groups is 1. The second kappa shape index (κ2) is 8.10. The first-order valence-electron chi connectivity index (χ1n) is 7.25. The van der Waals surface area contributed by atoms with E-state index in [0.717, 1.165) is 25.9 Å². The van der Waals surface area contributed by atoms with Crippen molar-refractivity contribution < 1.29 is 9.72 Å². The summed E-state index contributed by atoms with van der Waals surface area (Å²) in [7, 11) is 0. The molecule has 1 aliphatic rings. The zero-order chi connectivity index (χ0) is 15.4. The van der Waals surface area contributed by atoms with Crippen LogP contribution in [0.15, 0.2) is 18.2 Å². The Morgan fingerprint density at radius 2 is 2.18 bits per heavy atom. The van der Waals surface area contributed by atoms with Gasteiger partial charge in [0.2, 0.25) is 0 Å². The highest BCUT2D eigenvalue weighted by molar-refractivity contribution is 5.95. The number of nitro groups is 1. The molecular weight excluding hydrogens is 306 g/mol. The van der Waals surface area contributed by atoms with Gasteiger partial charge in [-0.3, -0.25) is 14.9 Å². The molecule has 1 saturated heterocycles. The van der Waals surface area contributed by atoms with Crippen LogP contribution in [0.5, 0.6) is 0 Å². The normalized spacial score (nSPS) is 18.9. The molecule has 2 rings (SSSR count). The van der Waals surface area contributed by atoms with Gasteiger partial charge in [-0.25, -0.2) is 0 Å². The largest absolute Gasteiger partial charge is 0.349 e. The van der Waals surface area contributed by atoms with E-state index in [2.05, 4.69) is 10.6 Å². The first kappa shape index (κ1) is 18.4. The highest BCUT2D eigenvalue weighted by Crippen LogP contribution is 2.18. The summed E-state index contributed by atoms with van der Waals surface area (Å²) in [6, 6.07) is 4.51. The molecule has 2 N–H and O–H groups in total. The molecule has 122 valence electrons. The summed E-state index contributed by atoms with van der Waals surface area (Å²) in [6.45, 7) is 5.66. The molecule has 1 heterocycles. The zero-order valence-corrected chi connectivity index (χ0v) is 13.6. The number of nitrogens with one attached hydrogen (secondary N) is 2. The number of aryl methyl sites for hydroxylation is 1. The number of benzene rings is 1. The number of amides is 1. The quantitative estimate of drug-likeness (QED) is 0.657. The maximum absolute atomic E-state index is 12.3. The molecule has 0 aliphatic carbocycles. The lowest BCUT2D eigenvalue weighted by atomic mass is 9.92. The van der Waals surface area contributed by atoms with Crippen molar-refractivity contribution in [1.82, 2.24) is 10.6 Å². The molecule has 1 aromatic carbocycles. The van der Waals surface area contributed by atoms with Gasteiger partial charge in [-0.15, -0.1) is 12.4 Å². The van der Waals surface area contributed by atoms with Crippen molar-refractivity contribution in [1.29, 1.82) is 0 Å². The summed E-state index contributed by atoms with van der Waals surface area (Å²) in [5.41, 5.74) is 1.01. The van der Waals surface area contributed by atoms with E-state index in [1.807, 2.05) is 6.92 Å². The zero-order valence-electron chi connectivity index (χ0n) is 12.8. The number of rotatable bonds is 4. The molecule has 1 aliphatic heterocycles. The molecule has 2 atom stereocenters. The summed E-state index contributed by atoms with van der Waals surface area (Å²) in [6.07, 6.45) is 2.20. The van der Waals surface area contributed by atoms with Gasteiger partial charge >= 0.3 is 0 Å². The fraction of sp³-hybridized carbons (Fsp3) is 0.533. The minimum atomic E-state index is -0.474. The van der Waals surface area contributed by atoms with E-state index in [1.165, 1.54) is 12.1 Å². The van der Waals surface area contributed by atoms with Crippen LogP contribution in [0.2, 0.25) is 0 Å². The predicted octanol–water partition coefficient (Wildman–Crippen LogP) is 2.44. The van der Waals surface area contributed by atoms with Gasteiger partial charge in [0.05, 0.1) is 4.92 Å². The summed E-state index contributed by atoms with van der Waals surface area (Å²) in [4.78, 5) is 22.7. The number of hydrogen-bond acceptors (Lipinski definition) is 4. The Labute approximate surface area is 136 Å². The molecule has 6 nitrogen and oxygen atoms in total. The number of carbonyl (C=O) groups excluding carboxylic acids is 1. The number of non-ortho nitro benzene ring substituents is 1. The fourth-order valence-corrected chi connectivity index (χ4v) is 2.71. The maximum Gasteiger partial charge on any atom is 0.270 e. The molecule has 0 bridgehead atoms. The molecule has 0 aromatic heterocycles. The van der Waals surface area contributed by atoms with E-state index in [0.29, 0.717) is 17.0 Å². The summed E-state index contributed by atoms with van der Waals surface area (Å²) >= 11 is 0. The Morgan fingerprint density at radius 1 is 1.45 bits per heavy atom. The van der Waals surface area contributed by atoms with Crippen molar-refractivity contribution in [2.75, 3.05) is 13.1 Å². The van der Waals surface area contributed by atoms with Crippen LogP contribution in [0.25, 0.3) is 0 Å². The highest BCUT2D eigenvalue weighted by atomic mass is 35.5. The van der Waals surface area contributed by atoms with Gasteiger partial charge in [0.1, 0.15) is 0 Å². The van der Waals surface area contributed by atoms with E-state index in [-0.39, 0.29) is 30.0 Å². The van der Waals surface area contributed by atoms with Crippen LogP contribution in [0.3, 0.4) is 0 Å². The lowest BCUT2D eigenvalue weighted by Crippen LogP contribution is -2.44. The van der Waals surface area contributed by atoms with E-state index in [4.69, 9.17) is 0 Å². The van der Waals surface area contributed by atoms with E-state index >= 15 is 0 Å². The molecule has 1 amide bonds. The smallest absolute Gasteiger partial charge is 0.270 e. The van der Waals surface area contributed by atoms with Crippen molar-refractivity contribution in [2.24, 2.45) is 5.92 Å².